The predicted molar refractivity (Wildman–Crippen MR) is 94.6 cm³/mol. The minimum absolute atomic E-state index is 0.0635. The van der Waals surface area contributed by atoms with Crippen LogP contribution in [0.15, 0.2) is 28.8 Å². The molecule has 3 rings (SSSR count). The first-order chi connectivity index (χ1) is 12.7. The molecule has 26 heavy (non-hydrogen) atoms. The van der Waals surface area contributed by atoms with Gasteiger partial charge >= 0.3 is 0 Å². The highest BCUT2D eigenvalue weighted by Crippen LogP contribution is 2.20. The van der Waals surface area contributed by atoms with Gasteiger partial charge in [0.25, 0.3) is 0 Å². The number of aromatic nitrogens is 2. The minimum atomic E-state index is -0.400. The van der Waals surface area contributed by atoms with Crippen LogP contribution in [0.25, 0.3) is 11.4 Å². The van der Waals surface area contributed by atoms with Crippen LogP contribution < -0.4 is 15.4 Å². The average molecular weight is 360 g/mol. The van der Waals surface area contributed by atoms with Crippen molar-refractivity contribution in [3.05, 3.63) is 30.2 Å². The van der Waals surface area contributed by atoms with Crippen molar-refractivity contribution in [1.29, 1.82) is 0 Å². The molecule has 1 amide bonds. The molecule has 0 aliphatic carbocycles. The third kappa shape index (κ3) is 4.80. The summed E-state index contributed by atoms with van der Waals surface area (Å²) in [5, 5.41) is 19.6. The number of carbonyl (C=O) groups is 1. The zero-order chi connectivity index (χ0) is 18.4. The normalized spacial score (nSPS) is 19.5. The van der Waals surface area contributed by atoms with E-state index in [9.17, 15) is 9.90 Å². The summed E-state index contributed by atoms with van der Waals surface area (Å²) < 4.78 is 10.6. The molecule has 0 spiro atoms. The van der Waals surface area contributed by atoms with Gasteiger partial charge in [-0.25, -0.2) is 0 Å². The summed E-state index contributed by atoms with van der Waals surface area (Å²) in [7, 11) is 0. The first-order valence-electron chi connectivity index (χ1n) is 8.87. The van der Waals surface area contributed by atoms with Gasteiger partial charge in [-0.05, 0) is 31.2 Å². The molecule has 0 radical (unpaired) electrons. The number of aryl methyl sites for hydroxylation is 1. The lowest BCUT2D eigenvalue weighted by Crippen LogP contribution is -2.34. The topological polar surface area (TPSA) is 110 Å². The number of aliphatic hydroxyl groups excluding tert-OH is 1. The van der Waals surface area contributed by atoms with Gasteiger partial charge in [-0.2, -0.15) is 4.98 Å². The van der Waals surface area contributed by atoms with Gasteiger partial charge in [-0.15, -0.1) is 0 Å². The largest absolute Gasteiger partial charge is 0.494 e. The van der Waals surface area contributed by atoms with Crippen LogP contribution in [0.5, 0.6) is 5.75 Å². The highest BCUT2D eigenvalue weighted by Gasteiger charge is 2.25. The molecule has 1 saturated heterocycles. The molecule has 2 unspecified atom stereocenters. The van der Waals surface area contributed by atoms with E-state index in [4.69, 9.17) is 9.26 Å². The van der Waals surface area contributed by atoms with Crippen molar-refractivity contribution in [3.8, 4) is 17.1 Å². The van der Waals surface area contributed by atoms with Gasteiger partial charge < -0.3 is 25.0 Å². The Bertz CT molecular complexity index is 716. The molecule has 1 fully saturated rings. The maximum absolute atomic E-state index is 11.9. The molecular weight excluding hydrogens is 336 g/mol. The number of β-amino-alcohol motifs (C(OH)–C–C–N with tert-alkyl or cyclic N) is 1. The minimum Gasteiger partial charge on any atom is -0.494 e. The number of hydrogen-bond acceptors (Lipinski definition) is 7. The first-order valence-corrected chi connectivity index (χ1v) is 8.87. The smallest absolute Gasteiger partial charge is 0.227 e. The van der Waals surface area contributed by atoms with E-state index in [2.05, 4.69) is 20.8 Å². The zero-order valence-electron chi connectivity index (χ0n) is 14.8. The molecule has 0 bridgehead atoms. The number of rotatable bonds is 8. The average Bonchev–Trinajstić information content (AvgIpc) is 3.28. The Balaban J connectivity index is 1.46. The Hall–Kier alpha value is -2.45. The standard InChI is InChI=1S/C18H24N4O4/c1-2-25-14-5-3-12(4-6-14)18-21-17(26-22-18)8-7-16(24)20-10-13-9-19-11-15(13)23/h3-6,13,15,19,23H,2,7-11H2,1H3,(H,20,24). The van der Waals surface area contributed by atoms with Gasteiger partial charge in [-0.3, -0.25) is 4.79 Å². The highest BCUT2D eigenvalue weighted by atomic mass is 16.5. The van der Waals surface area contributed by atoms with Crippen molar-refractivity contribution in [2.45, 2.75) is 25.9 Å². The van der Waals surface area contributed by atoms with E-state index >= 15 is 0 Å². The molecule has 140 valence electrons. The first kappa shape index (κ1) is 18.3. The van der Waals surface area contributed by atoms with E-state index in [0.717, 1.165) is 17.9 Å². The Morgan fingerprint density at radius 2 is 2.19 bits per heavy atom. The van der Waals surface area contributed by atoms with Crippen molar-refractivity contribution >= 4 is 5.91 Å². The number of aliphatic hydroxyl groups is 1. The predicted octanol–water partition coefficient (Wildman–Crippen LogP) is 0.764. The van der Waals surface area contributed by atoms with Crippen LogP contribution in [0, 0.1) is 5.92 Å². The summed E-state index contributed by atoms with van der Waals surface area (Å²) in [6.07, 6.45) is 0.241. The van der Waals surface area contributed by atoms with E-state index in [-0.39, 0.29) is 18.2 Å². The summed E-state index contributed by atoms with van der Waals surface area (Å²) in [6.45, 7) is 4.31. The molecule has 2 atom stereocenters. The van der Waals surface area contributed by atoms with Crippen LogP contribution in [0.3, 0.4) is 0 Å². The van der Waals surface area contributed by atoms with E-state index in [1.165, 1.54) is 0 Å². The molecule has 3 N–H and O–H groups in total. The fourth-order valence-corrected chi connectivity index (χ4v) is 2.82. The van der Waals surface area contributed by atoms with Crippen LogP contribution in [0.4, 0.5) is 0 Å². The molecule has 1 aliphatic rings. The molecule has 0 saturated carbocycles. The summed E-state index contributed by atoms with van der Waals surface area (Å²) >= 11 is 0. The van der Waals surface area contributed by atoms with Crippen molar-refractivity contribution < 1.29 is 19.2 Å². The lowest BCUT2D eigenvalue weighted by molar-refractivity contribution is -0.121. The molecule has 2 aromatic rings. The highest BCUT2D eigenvalue weighted by molar-refractivity contribution is 5.76. The second-order valence-corrected chi connectivity index (χ2v) is 6.26. The SMILES string of the molecule is CCOc1ccc(-c2noc(CCC(=O)NCC3CNCC3O)n2)cc1. The Morgan fingerprint density at radius 3 is 2.88 bits per heavy atom. The van der Waals surface area contributed by atoms with Crippen molar-refractivity contribution in [3.63, 3.8) is 0 Å². The fraction of sp³-hybridized carbons (Fsp3) is 0.500. The third-order valence-corrected chi connectivity index (χ3v) is 4.32. The van der Waals surface area contributed by atoms with Gasteiger partial charge in [-0.1, -0.05) is 5.16 Å². The summed E-state index contributed by atoms with van der Waals surface area (Å²) in [5.41, 5.74) is 0.829. The molecule has 8 heteroatoms. The number of hydrogen-bond donors (Lipinski definition) is 3. The van der Waals surface area contributed by atoms with E-state index < -0.39 is 6.10 Å². The van der Waals surface area contributed by atoms with Crippen LogP contribution in [0.1, 0.15) is 19.2 Å². The number of nitrogens with one attached hydrogen (secondary N) is 2. The maximum atomic E-state index is 11.9. The molecule has 1 aromatic heterocycles. The van der Waals surface area contributed by atoms with E-state index in [1.807, 2.05) is 31.2 Å². The van der Waals surface area contributed by atoms with Crippen LogP contribution in [-0.4, -0.2) is 53.5 Å². The summed E-state index contributed by atoms with van der Waals surface area (Å²) in [5.74, 6) is 1.67. The quantitative estimate of drug-likeness (QED) is 0.638. The van der Waals surface area contributed by atoms with E-state index in [0.29, 0.717) is 37.8 Å². The molecule has 2 heterocycles. The molecular formula is C18H24N4O4. The maximum Gasteiger partial charge on any atom is 0.227 e. The van der Waals surface area contributed by atoms with Gasteiger partial charge in [0.1, 0.15) is 5.75 Å². The Labute approximate surface area is 151 Å². The number of nitrogens with zero attached hydrogens (tertiary/aromatic N) is 2. The lowest BCUT2D eigenvalue weighted by Gasteiger charge is -2.13. The number of carbonyl (C=O) groups excluding carboxylic acids is 1. The number of ether oxygens (including phenoxy) is 1. The van der Waals surface area contributed by atoms with Crippen LogP contribution in [-0.2, 0) is 11.2 Å². The summed E-state index contributed by atoms with van der Waals surface area (Å²) in [4.78, 5) is 16.3. The molecule has 1 aromatic carbocycles. The number of benzene rings is 1. The van der Waals surface area contributed by atoms with Gasteiger partial charge in [0, 0.05) is 44.0 Å². The van der Waals surface area contributed by atoms with Gasteiger partial charge in [0.15, 0.2) is 0 Å². The van der Waals surface area contributed by atoms with E-state index in [1.54, 1.807) is 0 Å². The van der Waals surface area contributed by atoms with Crippen molar-refractivity contribution in [2.75, 3.05) is 26.2 Å². The Morgan fingerprint density at radius 1 is 1.38 bits per heavy atom. The number of amides is 1. The third-order valence-electron chi connectivity index (χ3n) is 4.32. The lowest BCUT2D eigenvalue weighted by atomic mass is 10.1. The second kappa shape index (κ2) is 8.77. The van der Waals surface area contributed by atoms with Crippen molar-refractivity contribution in [2.24, 2.45) is 5.92 Å². The van der Waals surface area contributed by atoms with Crippen LogP contribution >= 0.6 is 0 Å². The second-order valence-electron chi connectivity index (χ2n) is 6.26. The van der Waals surface area contributed by atoms with Crippen molar-refractivity contribution in [1.82, 2.24) is 20.8 Å². The van der Waals surface area contributed by atoms with Crippen LogP contribution in [0.2, 0.25) is 0 Å². The fourth-order valence-electron chi connectivity index (χ4n) is 2.82. The summed E-state index contributed by atoms with van der Waals surface area (Å²) in [6, 6.07) is 7.45. The zero-order valence-corrected chi connectivity index (χ0v) is 14.8. The molecule has 1 aliphatic heterocycles. The monoisotopic (exact) mass is 360 g/mol. The van der Waals surface area contributed by atoms with Gasteiger partial charge in [0.2, 0.25) is 17.6 Å². The van der Waals surface area contributed by atoms with Gasteiger partial charge in [0.05, 0.1) is 12.7 Å². The molecule has 8 nitrogen and oxygen atoms in total. The Kier molecular flexibility index (Phi) is 6.19.